The lowest BCUT2D eigenvalue weighted by molar-refractivity contribution is 0.0892. The molecule has 17 heavy (non-hydrogen) atoms. The number of nitrogens with one attached hydrogen (secondary N) is 1. The number of H-pyrrole nitrogens is 1. The number of aliphatic hydroxyl groups excluding tert-OH is 1. The predicted octanol–water partition coefficient (Wildman–Crippen LogP) is 2.35. The highest BCUT2D eigenvalue weighted by atomic mass is 16.3. The summed E-state index contributed by atoms with van der Waals surface area (Å²) in [6.45, 7) is 2.12. The van der Waals surface area contributed by atoms with Crippen molar-refractivity contribution in [2.45, 2.75) is 31.3 Å². The third-order valence-electron chi connectivity index (χ3n) is 4.04. The van der Waals surface area contributed by atoms with Gasteiger partial charge in [-0.3, -0.25) is 0 Å². The Hall–Kier alpha value is -1.61. The van der Waals surface area contributed by atoms with Crippen molar-refractivity contribution in [2.24, 2.45) is 0 Å². The molecular weight excluding hydrogens is 212 g/mol. The maximum Gasteiger partial charge on any atom is 0.0921 e. The largest absolute Gasteiger partial charge is 0.387 e. The molecule has 1 aliphatic rings. The number of aliphatic hydroxyl groups is 1. The third-order valence-corrected chi connectivity index (χ3v) is 4.04. The van der Waals surface area contributed by atoms with E-state index >= 15 is 0 Å². The number of imidazole rings is 1. The van der Waals surface area contributed by atoms with Crippen LogP contribution >= 0.6 is 0 Å². The van der Waals surface area contributed by atoms with Crippen molar-refractivity contribution in [2.75, 3.05) is 0 Å². The van der Waals surface area contributed by atoms with Crippen molar-refractivity contribution in [3.63, 3.8) is 0 Å². The summed E-state index contributed by atoms with van der Waals surface area (Å²) in [6.07, 6.45) is 4.85. The van der Waals surface area contributed by atoms with E-state index in [-0.39, 0.29) is 5.41 Å². The minimum absolute atomic E-state index is 0.236. The van der Waals surface area contributed by atoms with Crippen molar-refractivity contribution in [1.82, 2.24) is 9.97 Å². The second kappa shape index (κ2) is 3.70. The van der Waals surface area contributed by atoms with E-state index in [1.807, 2.05) is 24.4 Å². The highest BCUT2D eigenvalue weighted by Crippen LogP contribution is 2.48. The number of aromatic amines is 1. The summed E-state index contributed by atoms with van der Waals surface area (Å²) in [5, 5.41) is 10.6. The van der Waals surface area contributed by atoms with Gasteiger partial charge in [-0.2, -0.15) is 0 Å². The SMILES string of the molecule is CCC1(c2cnc[nH]2)Cc2ccccc2C1O. The van der Waals surface area contributed by atoms with Crippen molar-refractivity contribution in [1.29, 1.82) is 0 Å². The Balaban J connectivity index is 2.12. The number of benzene rings is 1. The van der Waals surface area contributed by atoms with Crippen LogP contribution in [0.15, 0.2) is 36.8 Å². The van der Waals surface area contributed by atoms with E-state index in [1.165, 1.54) is 5.56 Å². The van der Waals surface area contributed by atoms with Gasteiger partial charge in [-0.25, -0.2) is 4.98 Å². The van der Waals surface area contributed by atoms with Crippen LogP contribution in [-0.2, 0) is 11.8 Å². The smallest absolute Gasteiger partial charge is 0.0921 e. The molecule has 0 saturated carbocycles. The Bertz CT molecular complexity index is 521. The van der Waals surface area contributed by atoms with E-state index in [0.717, 1.165) is 24.1 Å². The molecule has 2 atom stereocenters. The van der Waals surface area contributed by atoms with Crippen molar-refractivity contribution < 1.29 is 5.11 Å². The van der Waals surface area contributed by atoms with E-state index in [9.17, 15) is 5.11 Å². The Labute approximate surface area is 101 Å². The fraction of sp³-hybridized carbons (Fsp3) is 0.357. The summed E-state index contributed by atoms with van der Waals surface area (Å²) >= 11 is 0. The molecule has 0 spiro atoms. The molecule has 1 aromatic heterocycles. The molecule has 0 bridgehead atoms. The second-order valence-electron chi connectivity index (χ2n) is 4.75. The molecule has 2 unspecified atom stereocenters. The van der Waals surface area contributed by atoms with Crippen LogP contribution in [0.4, 0.5) is 0 Å². The predicted molar refractivity (Wildman–Crippen MR) is 65.7 cm³/mol. The van der Waals surface area contributed by atoms with Crippen LogP contribution in [0.1, 0.15) is 36.3 Å². The van der Waals surface area contributed by atoms with E-state index in [4.69, 9.17) is 0 Å². The molecule has 0 saturated heterocycles. The summed E-state index contributed by atoms with van der Waals surface area (Å²) in [4.78, 5) is 7.26. The Morgan fingerprint density at radius 2 is 2.29 bits per heavy atom. The molecule has 1 aromatic carbocycles. The van der Waals surface area contributed by atoms with Gasteiger partial charge in [0, 0.05) is 17.3 Å². The molecule has 0 radical (unpaired) electrons. The lowest BCUT2D eigenvalue weighted by Crippen LogP contribution is -2.30. The van der Waals surface area contributed by atoms with Crippen LogP contribution in [0.5, 0.6) is 0 Å². The normalized spacial score (nSPS) is 27.1. The number of nitrogens with zero attached hydrogens (tertiary/aromatic N) is 1. The zero-order chi connectivity index (χ0) is 11.9. The van der Waals surface area contributed by atoms with Gasteiger partial charge in [0.1, 0.15) is 0 Å². The van der Waals surface area contributed by atoms with Gasteiger partial charge in [-0.05, 0) is 24.0 Å². The molecular formula is C14H16N2O. The lowest BCUT2D eigenvalue weighted by atomic mass is 9.77. The van der Waals surface area contributed by atoms with Crippen LogP contribution in [0.25, 0.3) is 0 Å². The molecule has 3 rings (SSSR count). The van der Waals surface area contributed by atoms with Crippen LogP contribution in [0.3, 0.4) is 0 Å². The molecule has 2 N–H and O–H groups in total. The van der Waals surface area contributed by atoms with Crippen LogP contribution in [0, 0.1) is 0 Å². The second-order valence-corrected chi connectivity index (χ2v) is 4.75. The lowest BCUT2D eigenvalue weighted by Gasteiger charge is -2.30. The summed E-state index contributed by atoms with van der Waals surface area (Å²) in [6, 6.07) is 8.14. The first kappa shape index (κ1) is 10.5. The molecule has 3 heteroatoms. The first-order valence-corrected chi connectivity index (χ1v) is 6.02. The van der Waals surface area contributed by atoms with E-state index in [1.54, 1.807) is 6.33 Å². The Kier molecular flexibility index (Phi) is 2.30. The number of hydrogen-bond donors (Lipinski definition) is 2. The molecule has 0 aliphatic heterocycles. The number of fused-ring (bicyclic) bond motifs is 1. The van der Waals surface area contributed by atoms with Gasteiger partial charge in [0.15, 0.2) is 0 Å². The summed E-state index contributed by atoms with van der Waals surface area (Å²) in [7, 11) is 0. The topological polar surface area (TPSA) is 48.9 Å². The maximum atomic E-state index is 10.6. The van der Waals surface area contributed by atoms with Crippen molar-refractivity contribution >= 4 is 0 Å². The Morgan fingerprint density at radius 1 is 1.47 bits per heavy atom. The van der Waals surface area contributed by atoms with Gasteiger partial charge in [0.05, 0.1) is 12.4 Å². The number of hydrogen-bond acceptors (Lipinski definition) is 2. The average molecular weight is 228 g/mol. The first-order chi connectivity index (χ1) is 8.28. The fourth-order valence-electron chi connectivity index (χ4n) is 2.98. The zero-order valence-electron chi connectivity index (χ0n) is 9.85. The maximum absolute atomic E-state index is 10.6. The first-order valence-electron chi connectivity index (χ1n) is 6.02. The van der Waals surface area contributed by atoms with Gasteiger partial charge in [-0.15, -0.1) is 0 Å². The quantitative estimate of drug-likeness (QED) is 0.829. The highest BCUT2D eigenvalue weighted by Gasteiger charge is 2.46. The van der Waals surface area contributed by atoms with Crippen LogP contribution < -0.4 is 0 Å². The molecule has 0 amide bonds. The van der Waals surface area contributed by atoms with E-state index in [0.29, 0.717) is 0 Å². The van der Waals surface area contributed by atoms with Crippen molar-refractivity contribution in [3.8, 4) is 0 Å². The van der Waals surface area contributed by atoms with E-state index in [2.05, 4.69) is 23.0 Å². The standard InChI is InChI=1S/C14H16N2O/c1-2-14(12-8-15-9-16-12)7-10-5-3-4-6-11(10)13(14)17/h3-6,8-9,13,17H,2,7H2,1H3,(H,15,16). The molecule has 88 valence electrons. The molecule has 1 heterocycles. The monoisotopic (exact) mass is 228 g/mol. The average Bonchev–Trinajstić information content (AvgIpc) is 2.97. The van der Waals surface area contributed by atoms with Crippen LogP contribution in [0.2, 0.25) is 0 Å². The zero-order valence-corrected chi connectivity index (χ0v) is 9.85. The van der Waals surface area contributed by atoms with Crippen LogP contribution in [-0.4, -0.2) is 15.1 Å². The van der Waals surface area contributed by atoms with E-state index < -0.39 is 6.10 Å². The molecule has 1 aliphatic carbocycles. The number of aromatic nitrogens is 2. The van der Waals surface area contributed by atoms with Gasteiger partial charge in [-0.1, -0.05) is 31.2 Å². The van der Waals surface area contributed by atoms with Crippen molar-refractivity contribution in [3.05, 3.63) is 53.6 Å². The minimum Gasteiger partial charge on any atom is -0.387 e. The number of rotatable bonds is 2. The van der Waals surface area contributed by atoms with Gasteiger partial charge >= 0.3 is 0 Å². The van der Waals surface area contributed by atoms with Gasteiger partial charge in [0.2, 0.25) is 0 Å². The summed E-state index contributed by atoms with van der Waals surface area (Å²) in [5.41, 5.74) is 3.10. The minimum atomic E-state index is -0.441. The molecule has 2 aromatic rings. The molecule has 0 fully saturated rings. The van der Waals surface area contributed by atoms with Gasteiger partial charge < -0.3 is 10.1 Å². The molecule has 3 nitrogen and oxygen atoms in total. The fourth-order valence-corrected chi connectivity index (χ4v) is 2.98. The summed E-state index contributed by atoms with van der Waals surface area (Å²) in [5.74, 6) is 0. The third kappa shape index (κ3) is 1.35. The Morgan fingerprint density at radius 3 is 2.94 bits per heavy atom. The highest BCUT2D eigenvalue weighted by molar-refractivity contribution is 5.42. The summed E-state index contributed by atoms with van der Waals surface area (Å²) < 4.78 is 0. The van der Waals surface area contributed by atoms with Gasteiger partial charge in [0.25, 0.3) is 0 Å².